The number of ether oxygens (including phenoxy) is 1. The van der Waals surface area contributed by atoms with Gasteiger partial charge >= 0.3 is 5.97 Å². The van der Waals surface area contributed by atoms with Crippen molar-refractivity contribution in [1.82, 2.24) is 5.32 Å². The Morgan fingerprint density at radius 3 is 2.70 bits per heavy atom. The second kappa shape index (κ2) is 5.77. The van der Waals surface area contributed by atoms with Gasteiger partial charge in [-0.1, -0.05) is 18.2 Å². The number of rotatable bonds is 4. The summed E-state index contributed by atoms with van der Waals surface area (Å²) in [5.74, 6) is -0.386. The number of para-hydroxylation sites is 1. The number of aryl methyl sites for hydroxylation is 2. The fraction of sp³-hybridized carbons (Fsp3) is 0.333. The van der Waals surface area contributed by atoms with Gasteiger partial charge in [-0.05, 0) is 19.4 Å². The van der Waals surface area contributed by atoms with E-state index < -0.39 is 0 Å². The third-order valence-corrected chi connectivity index (χ3v) is 3.21. The third-order valence-electron chi connectivity index (χ3n) is 3.21. The van der Waals surface area contributed by atoms with Crippen molar-refractivity contribution in [2.24, 2.45) is 0 Å². The minimum Gasteiger partial charge on any atom is -0.469 e. The summed E-state index contributed by atoms with van der Waals surface area (Å²) in [6, 6.07) is 5.79. The Hall–Kier alpha value is -2.30. The van der Waals surface area contributed by atoms with E-state index >= 15 is 0 Å². The standard InChI is InChI=1S/C15H17NO4/c1-9-5-4-6-11-10(2)14(20-13(9)11)15(18)16-8-7-12(17)19-3/h4-6H,7-8H2,1-3H3,(H,16,18). The maximum absolute atomic E-state index is 12.1. The average molecular weight is 275 g/mol. The molecule has 0 spiro atoms. The summed E-state index contributed by atoms with van der Waals surface area (Å²) < 4.78 is 10.2. The maximum Gasteiger partial charge on any atom is 0.307 e. The molecule has 1 N–H and O–H groups in total. The van der Waals surface area contributed by atoms with Crippen LogP contribution < -0.4 is 5.32 Å². The van der Waals surface area contributed by atoms with E-state index in [9.17, 15) is 9.59 Å². The third kappa shape index (κ3) is 2.66. The van der Waals surface area contributed by atoms with Crippen LogP contribution in [0.15, 0.2) is 22.6 Å². The van der Waals surface area contributed by atoms with Crippen LogP contribution in [-0.2, 0) is 9.53 Å². The molecule has 0 saturated carbocycles. The molecule has 0 bridgehead atoms. The Balaban J connectivity index is 2.16. The molecule has 0 unspecified atom stereocenters. The van der Waals surface area contributed by atoms with Crippen molar-refractivity contribution in [3.05, 3.63) is 35.1 Å². The van der Waals surface area contributed by atoms with E-state index in [0.29, 0.717) is 5.76 Å². The van der Waals surface area contributed by atoms with Gasteiger partial charge in [0.05, 0.1) is 13.5 Å². The molecule has 1 aromatic heterocycles. The van der Waals surface area contributed by atoms with E-state index in [1.807, 2.05) is 32.0 Å². The Labute approximate surface area is 116 Å². The van der Waals surface area contributed by atoms with Gasteiger partial charge in [-0.3, -0.25) is 9.59 Å². The molecule has 0 aliphatic rings. The van der Waals surface area contributed by atoms with Gasteiger partial charge in [0.25, 0.3) is 5.91 Å². The smallest absolute Gasteiger partial charge is 0.307 e. The normalized spacial score (nSPS) is 10.6. The van der Waals surface area contributed by atoms with Crippen molar-refractivity contribution in [3.63, 3.8) is 0 Å². The highest BCUT2D eigenvalue weighted by molar-refractivity contribution is 5.99. The van der Waals surface area contributed by atoms with Gasteiger partial charge in [-0.15, -0.1) is 0 Å². The van der Waals surface area contributed by atoms with Gasteiger partial charge in [-0.2, -0.15) is 0 Å². The molecule has 2 aromatic rings. The van der Waals surface area contributed by atoms with Crippen LogP contribution in [0.25, 0.3) is 11.0 Å². The van der Waals surface area contributed by atoms with E-state index in [0.717, 1.165) is 22.1 Å². The van der Waals surface area contributed by atoms with E-state index in [1.54, 1.807) is 0 Å². The lowest BCUT2D eigenvalue weighted by Gasteiger charge is -2.02. The molecule has 5 nitrogen and oxygen atoms in total. The van der Waals surface area contributed by atoms with Crippen LogP contribution in [0.3, 0.4) is 0 Å². The Kier molecular flexibility index (Phi) is 4.08. The molecule has 20 heavy (non-hydrogen) atoms. The number of amides is 1. The highest BCUT2D eigenvalue weighted by Crippen LogP contribution is 2.27. The molecule has 0 saturated heterocycles. The monoisotopic (exact) mass is 275 g/mol. The molecule has 106 valence electrons. The highest BCUT2D eigenvalue weighted by Gasteiger charge is 2.18. The lowest BCUT2D eigenvalue weighted by molar-refractivity contribution is -0.140. The fourth-order valence-corrected chi connectivity index (χ4v) is 2.06. The van der Waals surface area contributed by atoms with Crippen molar-refractivity contribution in [1.29, 1.82) is 0 Å². The average Bonchev–Trinajstić information content (AvgIpc) is 2.78. The molecule has 0 radical (unpaired) electrons. The minimum atomic E-state index is -0.359. The molecular formula is C15H17NO4. The quantitative estimate of drug-likeness (QED) is 0.870. The van der Waals surface area contributed by atoms with Crippen LogP contribution in [-0.4, -0.2) is 25.5 Å². The van der Waals surface area contributed by atoms with Crippen LogP contribution in [0.1, 0.15) is 28.1 Å². The number of methoxy groups -OCH3 is 1. The molecule has 1 aromatic carbocycles. The Bertz CT molecular complexity index is 657. The first-order valence-electron chi connectivity index (χ1n) is 6.38. The van der Waals surface area contributed by atoms with Gasteiger partial charge in [0.15, 0.2) is 5.76 Å². The lowest BCUT2D eigenvalue weighted by atomic mass is 10.1. The van der Waals surface area contributed by atoms with Crippen molar-refractivity contribution in [2.75, 3.05) is 13.7 Å². The highest BCUT2D eigenvalue weighted by atomic mass is 16.5. The first kappa shape index (κ1) is 14.1. The molecular weight excluding hydrogens is 258 g/mol. The molecule has 1 amide bonds. The van der Waals surface area contributed by atoms with Crippen molar-refractivity contribution in [3.8, 4) is 0 Å². The molecule has 1 heterocycles. The van der Waals surface area contributed by atoms with Gasteiger partial charge in [0, 0.05) is 17.5 Å². The summed E-state index contributed by atoms with van der Waals surface area (Å²) in [5.41, 5.74) is 2.52. The molecule has 0 fully saturated rings. The summed E-state index contributed by atoms with van der Waals surface area (Å²) in [5, 5.41) is 3.59. The van der Waals surface area contributed by atoms with E-state index in [4.69, 9.17) is 4.42 Å². The van der Waals surface area contributed by atoms with Gasteiger partial charge < -0.3 is 14.5 Å². The van der Waals surface area contributed by atoms with E-state index in [2.05, 4.69) is 10.1 Å². The van der Waals surface area contributed by atoms with Crippen molar-refractivity contribution >= 4 is 22.8 Å². The second-order valence-electron chi connectivity index (χ2n) is 4.59. The number of furan rings is 1. The Morgan fingerprint density at radius 2 is 2.05 bits per heavy atom. The molecule has 0 aliphatic heterocycles. The van der Waals surface area contributed by atoms with Gasteiger partial charge in [0.1, 0.15) is 5.58 Å². The number of esters is 1. The Morgan fingerprint density at radius 1 is 1.30 bits per heavy atom. The largest absolute Gasteiger partial charge is 0.469 e. The summed E-state index contributed by atoms with van der Waals surface area (Å²) in [6.45, 7) is 4.01. The first-order valence-corrected chi connectivity index (χ1v) is 6.38. The maximum atomic E-state index is 12.1. The summed E-state index contributed by atoms with van der Waals surface area (Å²) in [4.78, 5) is 23.0. The molecule has 0 aliphatic carbocycles. The van der Waals surface area contributed by atoms with Gasteiger partial charge in [-0.25, -0.2) is 0 Å². The number of hydrogen-bond acceptors (Lipinski definition) is 4. The zero-order valence-corrected chi connectivity index (χ0v) is 11.8. The number of fused-ring (bicyclic) bond motifs is 1. The number of benzene rings is 1. The van der Waals surface area contributed by atoms with Crippen LogP contribution in [0, 0.1) is 13.8 Å². The number of hydrogen-bond donors (Lipinski definition) is 1. The van der Waals surface area contributed by atoms with Crippen LogP contribution in [0.5, 0.6) is 0 Å². The van der Waals surface area contributed by atoms with E-state index in [1.165, 1.54) is 7.11 Å². The second-order valence-corrected chi connectivity index (χ2v) is 4.59. The van der Waals surface area contributed by atoms with Crippen LogP contribution in [0.2, 0.25) is 0 Å². The molecule has 0 atom stereocenters. The SMILES string of the molecule is COC(=O)CCNC(=O)c1oc2c(C)cccc2c1C. The number of carbonyl (C=O) groups excluding carboxylic acids is 2. The predicted octanol–water partition coefficient (Wildman–Crippen LogP) is 2.34. The first-order chi connectivity index (χ1) is 9.54. The predicted molar refractivity (Wildman–Crippen MR) is 74.7 cm³/mol. The van der Waals surface area contributed by atoms with E-state index in [-0.39, 0.29) is 24.8 Å². The van der Waals surface area contributed by atoms with Gasteiger partial charge in [0.2, 0.25) is 0 Å². The number of carbonyl (C=O) groups is 2. The molecule has 5 heteroatoms. The molecule has 2 rings (SSSR count). The lowest BCUT2D eigenvalue weighted by Crippen LogP contribution is -2.26. The van der Waals surface area contributed by atoms with Crippen LogP contribution in [0.4, 0.5) is 0 Å². The zero-order chi connectivity index (χ0) is 14.7. The summed E-state index contributed by atoms with van der Waals surface area (Å²) in [6.07, 6.45) is 0.139. The number of nitrogens with one attached hydrogen (secondary N) is 1. The zero-order valence-electron chi connectivity index (χ0n) is 11.8. The summed E-state index contributed by atoms with van der Waals surface area (Å²) in [7, 11) is 1.32. The van der Waals surface area contributed by atoms with Crippen molar-refractivity contribution < 1.29 is 18.7 Å². The summed E-state index contributed by atoms with van der Waals surface area (Å²) >= 11 is 0. The van der Waals surface area contributed by atoms with Crippen molar-refractivity contribution in [2.45, 2.75) is 20.3 Å². The fourth-order valence-electron chi connectivity index (χ4n) is 2.06. The minimum absolute atomic E-state index is 0.139. The topological polar surface area (TPSA) is 68.5 Å². The van der Waals surface area contributed by atoms with Crippen LogP contribution >= 0.6 is 0 Å².